The highest BCUT2D eigenvalue weighted by Gasteiger charge is 2.34. The van der Waals surface area contributed by atoms with Crippen LogP contribution in [0.25, 0.3) is 0 Å². The number of carbonyl (C=O) groups excluding carboxylic acids is 2. The monoisotopic (exact) mass is 336 g/mol. The van der Waals surface area contributed by atoms with Crippen LogP contribution < -0.4 is 5.32 Å². The summed E-state index contributed by atoms with van der Waals surface area (Å²) in [6.07, 6.45) is 0.992. The van der Waals surface area contributed by atoms with E-state index in [2.05, 4.69) is 5.32 Å². The number of hydrogen-bond donors (Lipinski definition) is 1. The van der Waals surface area contributed by atoms with Gasteiger partial charge in [-0.2, -0.15) is 0 Å². The minimum absolute atomic E-state index is 0.0147. The lowest BCUT2D eigenvalue weighted by molar-refractivity contribution is -0.138. The lowest BCUT2D eigenvalue weighted by atomic mass is 9.85. The first-order valence-corrected chi connectivity index (χ1v) is 8.46. The lowest BCUT2D eigenvalue weighted by Gasteiger charge is -2.37. The van der Waals surface area contributed by atoms with Crippen LogP contribution in [0.15, 0.2) is 18.2 Å². The summed E-state index contributed by atoms with van der Waals surface area (Å²) in [5.74, 6) is -1.52. The molecule has 2 heterocycles. The second kappa shape index (κ2) is 6.97. The summed E-state index contributed by atoms with van der Waals surface area (Å²) in [6.45, 7) is 4.70. The minimum Gasteiger partial charge on any atom is -0.342 e. The third-order valence-corrected chi connectivity index (χ3v) is 5.28. The van der Waals surface area contributed by atoms with Gasteiger partial charge in [-0.25, -0.2) is 8.78 Å². The van der Waals surface area contributed by atoms with Gasteiger partial charge >= 0.3 is 0 Å². The Bertz CT molecular complexity index is 638. The zero-order valence-corrected chi connectivity index (χ0v) is 13.7. The highest BCUT2D eigenvalue weighted by Crippen LogP contribution is 2.26. The SMILES string of the molecule is CC(C(=O)N1CCC(C(=O)c2cc(F)ccc2F)CC1)C1CNC1. The maximum atomic E-state index is 13.8. The zero-order chi connectivity index (χ0) is 17.3. The Hall–Kier alpha value is -1.82. The largest absolute Gasteiger partial charge is 0.342 e. The molecule has 0 bridgehead atoms. The molecule has 1 unspecified atom stereocenters. The van der Waals surface area contributed by atoms with Crippen molar-refractivity contribution in [2.45, 2.75) is 19.8 Å². The van der Waals surface area contributed by atoms with Crippen molar-refractivity contribution in [3.05, 3.63) is 35.4 Å². The van der Waals surface area contributed by atoms with E-state index in [0.717, 1.165) is 31.3 Å². The number of halogens is 2. The molecule has 0 aliphatic carbocycles. The van der Waals surface area contributed by atoms with E-state index in [4.69, 9.17) is 0 Å². The summed E-state index contributed by atoms with van der Waals surface area (Å²) in [5, 5.41) is 3.17. The second-order valence-corrected chi connectivity index (χ2v) is 6.79. The van der Waals surface area contributed by atoms with E-state index in [9.17, 15) is 18.4 Å². The lowest BCUT2D eigenvalue weighted by Crippen LogP contribution is -2.51. The Morgan fingerprint density at radius 1 is 1.21 bits per heavy atom. The van der Waals surface area contributed by atoms with Gasteiger partial charge in [0.25, 0.3) is 0 Å². The van der Waals surface area contributed by atoms with Gasteiger partial charge in [0.1, 0.15) is 11.6 Å². The van der Waals surface area contributed by atoms with Gasteiger partial charge in [0.05, 0.1) is 5.56 Å². The average Bonchev–Trinajstić information content (AvgIpc) is 2.54. The molecule has 1 aromatic rings. The highest BCUT2D eigenvalue weighted by atomic mass is 19.1. The van der Waals surface area contributed by atoms with Crippen LogP contribution in [-0.4, -0.2) is 42.8 Å². The summed E-state index contributed by atoms with van der Waals surface area (Å²) >= 11 is 0. The Labute approximate surface area is 140 Å². The van der Waals surface area contributed by atoms with Crippen LogP contribution in [0.1, 0.15) is 30.1 Å². The van der Waals surface area contributed by atoms with E-state index in [1.165, 1.54) is 0 Å². The van der Waals surface area contributed by atoms with Gasteiger partial charge in [0.2, 0.25) is 5.91 Å². The number of piperidine rings is 1. The molecule has 0 radical (unpaired) electrons. The number of ketones is 1. The van der Waals surface area contributed by atoms with Gasteiger partial charge in [0, 0.05) is 24.9 Å². The molecule has 1 atom stereocenters. The number of nitrogens with one attached hydrogen (secondary N) is 1. The molecule has 2 saturated heterocycles. The first-order chi connectivity index (χ1) is 11.5. The number of nitrogens with zero attached hydrogens (tertiary/aromatic N) is 1. The molecule has 3 rings (SSSR count). The molecule has 2 fully saturated rings. The van der Waals surface area contributed by atoms with Gasteiger partial charge in [-0.05, 0) is 50.0 Å². The zero-order valence-electron chi connectivity index (χ0n) is 13.7. The minimum atomic E-state index is -0.689. The molecular weight excluding hydrogens is 314 g/mol. The van der Waals surface area contributed by atoms with Gasteiger partial charge in [0.15, 0.2) is 5.78 Å². The van der Waals surface area contributed by atoms with E-state index >= 15 is 0 Å². The van der Waals surface area contributed by atoms with Gasteiger partial charge < -0.3 is 10.2 Å². The molecule has 0 saturated carbocycles. The van der Waals surface area contributed by atoms with Crippen LogP contribution in [0.4, 0.5) is 8.78 Å². The molecule has 0 aromatic heterocycles. The second-order valence-electron chi connectivity index (χ2n) is 6.79. The Morgan fingerprint density at radius 2 is 1.88 bits per heavy atom. The van der Waals surface area contributed by atoms with Crippen LogP contribution >= 0.6 is 0 Å². The van der Waals surface area contributed by atoms with E-state index in [1.807, 2.05) is 6.92 Å². The summed E-state index contributed by atoms with van der Waals surface area (Å²) in [4.78, 5) is 26.7. The maximum absolute atomic E-state index is 13.8. The molecule has 2 aliphatic rings. The maximum Gasteiger partial charge on any atom is 0.225 e. The van der Waals surface area contributed by atoms with Gasteiger partial charge in [-0.15, -0.1) is 0 Å². The summed E-state index contributed by atoms with van der Waals surface area (Å²) in [6, 6.07) is 2.94. The number of hydrogen-bond acceptors (Lipinski definition) is 3. The third-order valence-electron chi connectivity index (χ3n) is 5.28. The standard InChI is InChI=1S/C18H22F2N2O2/c1-11(13-9-21-10-13)18(24)22-6-4-12(5-7-22)17(23)15-8-14(19)2-3-16(15)20/h2-3,8,11-13,21H,4-7,9-10H2,1H3. The van der Waals surface area contributed by atoms with Crippen molar-refractivity contribution in [1.82, 2.24) is 10.2 Å². The Kier molecular flexibility index (Phi) is 4.94. The molecule has 6 heteroatoms. The van der Waals surface area contributed by atoms with Crippen molar-refractivity contribution in [2.24, 2.45) is 17.8 Å². The smallest absolute Gasteiger partial charge is 0.225 e. The summed E-state index contributed by atoms with van der Waals surface area (Å²) < 4.78 is 27.0. The third kappa shape index (κ3) is 3.34. The molecule has 4 nitrogen and oxygen atoms in total. The number of rotatable bonds is 4. The highest BCUT2D eigenvalue weighted by molar-refractivity contribution is 5.98. The molecular formula is C18H22F2N2O2. The molecule has 2 aliphatic heterocycles. The Balaban J connectivity index is 1.59. The Morgan fingerprint density at radius 3 is 2.46 bits per heavy atom. The van der Waals surface area contributed by atoms with Crippen molar-refractivity contribution in [3.8, 4) is 0 Å². The van der Waals surface area contributed by atoms with E-state index in [1.54, 1.807) is 4.90 Å². The first-order valence-electron chi connectivity index (χ1n) is 8.46. The predicted molar refractivity (Wildman–Crippen MR) is 85.5 cm³/mol. The first kappa shape index (κ1) is 17.0. The normalized spacial score (nSPS) is 20.5. The summed E-state index contributed by atoms with van der Waals surface area (Å²) in [5.41, 5.74) is -0.186. The quantitative estimate of drug-likeness (QED) is 0.858. The molecule has 24 heavy (non-hydrogen) atoms. The van der Waals surface area contributed by atoms with Crippen LogP contribution in [0.3, 0.4) is 0 Å². The van der Waals surface area contributed by atoms with E-state index < -0.39 is 11.6 Å². The van der Waals surface area contributed by atoms with Crippen molar-refractivity contribution in [1.29, 1.82) is 0 Å². The van der Waals surface area contributed by atoms with Gasteiger partial charge in [-0.1, -0.05) is 6.92 Å². The fourth-order valence-electron chi connectivity index (χ4n) is 3.42. The van der Waals surface area contributed by atoms with Crippen LogP contribution in [0.5, 0.6) is 0 Å². The molecule has 0 spiro atoms. The van der Waals surface area contributed by atoms with Gasteiger partial charge in [-0.3, -0.25) is 9.59 Å². The molecule has 130 valence electrons. The molecule has 1 N–H and O–H groups in total. The fraction of sp³-hybridized carbons (Fsp3) is 0.556. The molecule has 1 amide bonds. The number of amides is 1. The van der Waals surface area contributed by atoms with Crippen LogP contribution in [0, 0.1) is 29.4 Å². The summed E-state index contributed by atoms with van der Waals surface area (Å²) in [7, 11) is 0. The van der Waals surface area contributed by atoms with Crippen molar-refractivity contribution in [2.75, 3.05) is 26.2 Å². The average molecular weight is 336 g/mol. The number of carbonyl (C=O) groups is 2. The van der Waals surface area contributed by atoms with Crippen LogP contribution in [-0.2, 0) is 4.79 Å². The van der Waals surface area contributed by atoms with Crippen LogP contribution in [0.2, 0.25) is 0 Å². The number of benzene rings is 1. The predicted octanol–water partition coefficient (Wildman–Crippen LogP) is 2.24. The van der Waals surface area contributed by atoms with Crippen molar-refractivity contribution < 1.29 is 18.4 Å². The fourth-order valence-corrected chi connectivity index (χ4v) is 3.42. The van der Waals surface area contributed by atoms with E-state index in [0.29, 0.717) is 31.8 Å². The number of likely N-dealkylation sites (tertiary alicyclic amines) is 1. The van der Waals surface area contributed by atoms with E-state index in [-0.39, 0.29) is 29.1 Å². The van der Waals surface area contributed by atoms with Crippen molar-refractivity contribution in [3.63, 3.8) is 0 Å². The topological polar surface area (TPSA) is 49.4 Å². The van der Waals surface area contributed by atoms with Crippen molar-refractivity contribution >= 4 is 11.7 Å². The molecule has 1 aromatic carbocycles. The number of Topliss-reactive ketones (excluding diaryl/α,β-unsaturated/α-hetero) is 1.